The number of H-pyrrole nitrogens is 1. The van der Waals surface area contributed by atoms with E-state index in [0.29, 0.717) is 22.9 Å². The molecule has 0 fully saturated rings. The van der Waals surface area contributed by atoms with Crippen LogP contribution in [0.15, 0.2) is 27.5 Å². The number of rotatable bonds is 2. The predicted molar refractivity (Wildman–Crippen MR) is 67.9 cm³/mol. The molecule has 0 aliphatic heterocycles. The van der Waals surface area contributed by atoms with Crippen molar-refractivity contribution in [2.75, 3.05) is 0 Å². The van der Waals surface area contributed by atoms with Crippen LogP contribution in [0, 0.1) is 0 Å². The van der Waals surface area contributed by atoms with E-state index < -0.39 is 0 Å². The minimum atomic E-state index is -0.200. The van der Waals surface area contributed by atoms with E-state index in [4.69, 9.17) is 0 Å². The average molecular weight is 282 g/mol. The van der Waals surface area contributed by atoms with Crippen LogP contribution in [0.1, 0.15) is 18.9 Å². The summed E-state index contributed by atoms with van der Waals surface area (Å²) in [4.78, 5) is 14.5. The summed E-state index contributed by atoms with van der Waals surface area (Å²) in [5.74, 6) is 0.0990. The Hall–Kier alpha value is -1.29. The quantitative estimate of drug-likeness (QED) is 0.889. The lowest BCUT2D eigenvalue weighted by Gasteiger charge is -2.06. The van der Waals surface area contributed by atoms with E-state index in [2.05, 4.69) is 20.9 Å². The molecule has 2 rings (SSSR count). The molecule has 4 heteroatoms. The van der Waals surface area contributed by atoms with Crippen LogP contribution in [0.25, 0.3) is 10.9 Å². The molecule has 3 nitrogen and oxygen atoms in total. The highest BCUT2D eigenvalue weighted by atomic mass is 79.9. The van der Waals surface area contributed by atoms with Crippen LogP contribution < -0.4 is 5.56 Å². The molecule has 0 aliphatic carbocycles. The Morgan fingerprint density at radius 1 is 1.44 bits per heavy atom. The van der Waals surface area contributed by atoms with E-state index in [0.717, 1.165) is 10.9 Å². The predicted octanol–water partition coefficient (Wildman–Crippen LogP) is 2.95. The van der Waals surface area contributed by atoms with Gasteiger partial charge in [0, 0.05) is 9.86 Å². The van der Waals surface area contributed by atoms with Crippen molar-refractivity contribution in [3.8, 4) is 5.75 Å². The van der Waals surface area contributed by atoms with Gasteiger partial charge in [-0.15, -0.1) is 0 Å². The Labute approximate surface area is 101 Å². The van der Waals surface area contributed by atoms with Crippen LogP contribution >= 0.6 is 15.9 Å². The Kier molecular flexibility index (Phi) is 3.01. The number of nitrogens with one attached hydrogen (secondary N) is 1. The summed E-state index contributed by atoms with van der Waals surface area (Å²) < 4.78 is 0.879. The van der Waals surface area contributed by atoms with Crippen LogP contribution in [0.5, 0.6) is 5.75 Å². The maximum absolute atomic E-state index is 11.7. The lowest BCUT2D eigenvalue weighted by molar-refractivity contribution is 0.472. The molecule has 0 radical (unpaired) electrons. The summed E-state index contributed by atoms with van der Waals surface area (Å²) in [6, 6.07) is 5.41. The molecule has 0 amide bonds. The summed E-state index contributed by atoms with van der Waals surface area (Å²) >= 11 is 3.35. The number of benzene rings is 1. The Balaban J connectivity index is 2.79. The van der Waals surface area contributed by atoms with Gasteiger partial charge < -0.3 is 10.1 Å². The van der Waals surface area contributed by atoms with Gasteiger partial charge in [-0.25, -0.2) is 0 Å². The van der Waals surface area contributed by atoms with Crippen molar-refractivity contribution in [3.63, 3.8) is 0 Å². The normalized spacial score (nSPS) is 10.9. The van der Waals surface area contributed by atoms with Crippen molar-refractivity contribution in [2.24, 2.45) is 0 Å². The molecule has 16 heavy (non-hydrogen) atoms. The number of aromatic nitrogens is 1. The maximum atomic E-state index is 11.7. The summed E-state index contributed by atoms with van der Waals surface area (Å²) in [7, 11) is 0. The first-order valence-corrected chi connectivity index (χ1v) is 5.96. The van der Waals surface area contributed by atoms with Gasteiger partial charge in [-0.3, -0.25) is 4.79 Å². The van der Waals surface area contributed by atoms with Crippen molar-refractivity contribution in [1.82, 2.24) is 4.98 Å². The minimum Gasteiger partial charge on any atom is -0.507 e. The van der Waals surface area contributed by atoms with Crippen LogP contribution in [-0.4, -0.2) is 10.1 Å². The average Bonchev–Trinajstić information content (AvgIpc) is 2.26. The van der Waals surface area contributed by atoms with Crippen LogP contribution in [-0.2, 0) is 6.42 Å². The third-order valence-electron chi connectivity index (χ3n) is 2.54. The van der Waals surface area contributed by atoms with Crippen LogP contribution in [0.3, 0.4) is 0 Å². The third-order valence-corrected chi connectivity index (χ3v) is 3.04. The Bertz CT molecular complexity index is 589. The zero-order valence-electron chi connectivity index (χ0n) is 8.88. The summed E-state index contributed by atoms with van der Waals surface area (Å²) in [6.07, 6.45) is 1.42. The van der Waals surface area contributed by atoms with Crippen molar-refractivity contribution in [2.45, 2.75) is 19.8 Å². The molecule has 0 saturated carbocycles. The molecule has 0 saturated heterocycles. The molecule has 0 aliphatic rings. The highest BCUT2D eigenvalue weighted by Gasteiger charge is 2.10. The van der Waals surface area contributed by atoms with Gasteiger partial charge in [-0.1, -0.05) is 29.3 Å². The first kappa shape index (κ1) is 11.2. The van der Waals surface area contributed by atoms with Crippen molar-refractivity contribution in [3.05, 3.63) is 38.6 Å². The van der Waals surface area contributed by atoms with Crippen molar-refractivity contribution < 1.29 is 5.11 Å². The van der Waals surface area contributed by atoms with E-state index >= 15 is 0 Å². The fourth-order valence-electron chi connectivity index (χ4n) is 1.77. The molecule has 84 valence electrons. The van der Waals surface area contributed by atoms with E-state index in [-0.39, 0.29) is 11.3 Å². The summed E-state index contributed by atoms with van der Waals surface area (Å²) in [5.41, 5.74) is 0.924. The zero-order chi connectivity index (χ0) is 11.7. The largest absolute Gasteiger partial charge is 0.507 e. The van der Waals surface area contributed by atoms with Gasteiger partial charge in [0.25, 0.3) is 5.56 Å². The molecule has 0 atom stereocenters. The molecular weight excluding hydrogens is 270 g/mol. The fraction of sp³-hybridized carbons (Fsp3) is 0.250. The van der Waals surface area contributed by atoms with Crippen LogP contribution in [0.4, 0.5) is 0 Å². The van der Waals surface area contributed by atoms with Gasteiger partial charge in [-0.05, 0) is 24.6 Å². The highest BCUT2D eigenvalue weighted by Crippen LogP contribution is 2.27. The summed E-state index contributed by atoms with van der Waals surface area (Å²) in [6.45, 7) is 1.98. The maximum Gasteiger partial charge on any atom is 0.255 e. The number of aromatic hydroxyl groups is 1. The third kappa shape index (κ3) is 1.85. The van der Waals surface area contributed by atoms with Crippen molar-refractivity contribution in [1.29, 1.82) is 0 Å². The monoisotopic (exact) mass is 281 g/mol. The highest BCUT2D eigenvalue weighted by molar-refractivity contribution is 9.10. The molecule has 2 N–H and O–H groups in total. The number of hydrogen-bond donors (Lipinski definition) is 2. The van der Waals surface area contributed by atoms with Gasteiger partial charge in [0.1, 0.15) is 5.75 Å². The van der Waals surface area contributed by atoms with Crippen molar-refractivity contribution >= 4 is 26.8 Å². The van der Waals surface area contributed by atoms with Gasteiger partial charge >= 0.3 is 0 Å². The first-order valence-electron chi connectivity index (χ1n) is 5.17. The smallest absolute Gasteiger partial charge is 0.255 e. The number of aromatic amines is 1. The molecule has 1 aromatic carbocycles. The van der Waals surface area contributed by atoms with E-state index in [1.807, 2.05) is 13.0 Å². The van der Waals surface area contributed by atoms with E-state index in [1.54, 1.807) is 12.1 Å². The number of fused-ring (bicyclic) bond motifs is 1. The lowest BCUT2D eigenvalue weighted by Crippen LogP contribution is -2.12. The van der Waals surface area contributed by atoms with E-state index in [9.17, 15) is 9.90 Å². The minimum absolute atomic E-state index is 0.0990. The molecule has 2 aromatic rings. The molecule has 1 heterocycles. The van der Waals surface area contributed by atoms with Gasteiger partial charge in [0.15, 0.2) is 0 Å². The van der Waals surface area contributed by atoms with Gasteiger partial charge in [0.2, 0.25) is 0 Å². The second-order valence-corrected chi connectivity index (χ2v) is 4.64. The molecule has 1 aromatic heterocycles. The summed E-state index contributed by atoms with van der Waals surface area (Å²) in [5, 5.41) is 10.7. The lowest BCUT2D eigenvalue weighted by atomic mass is 10.1. The number of pyridine rings is 1. The number of halogens is 1. The number of hydrogen-bond acceptors (Lipinski definition) is 2. The van der Waals surface area contributed by atoms with Crippen LogP contribution in [0.2, 0.25) is 0 Å². The Morgan fingerprint density at radius 3 is 2.88 bits per heavy atom. The standard InChI is InChI=1S/C12H12BrNO2/c1-2-3-8-11(15)9-6-7(13)4-5-10(9)14-12(8)16/h4-6H,2-3H2,1H3,(H2,14,15,16). The van der Waals surface area contributed by atoms with E-state index in [1.165, 1.54) is 0 Å². The zero-order valence-corrected chi connectivity index (χ0v) is 10.5. The Morgan fingerprint density at radius 2 is 2.19 bits per heavy atom. The molecular formula is C12H12BrNO2. The second-order valence-electron chi connectivity index (χ2n) is 3.72. The molecule has 0 unspecified atom stereocenters. The topological polar surface area (TPSA) is 53.1 Å². The molecule has 0 bridgehead atoms. The second kappa shape index (κ2) is 4.29. The van der Waals surface area contributed by atoms with Gasteiger partial charge in [-0.2, -0.15) is 0 Å². The first-order chi connectivity index (χ1) is 7.63. The fourth-order valence-corrected chi connectivity index (χ4v) is 2.13. The SMILES string of the molecule is CCCc1c(O)c2cc(Br)ccc2[nH]c1=O. The molecule has 0 spiro atoms. The van der Waals surface area contributed by atoms with Gasteiger partial charge in [0.05, 0.1) is 11.1 Å².